The normalized spacial score (nSPS) is 20.1. The second-order valence-electron chi connectivity index (χ2n) is 3.87. The molecule has 5 nitrogen and oxygen atoms in total. The van der Waals surface area contributed by atoms with Crippen molar-refractivity contribution < 1.29 is 9.21 Å². The van der Waals surface area contributed by atoms with Crippen LogP contribution >= 0.6 is 0 Å². The summed E-state index contributed by atoms with van der Waals surface area (Å²) >= 11 is 0. The van der Waals surface area contributed by atoms with E-state index in [2.05, 4.69) is 4.42 Å². The molecule has 1 amide bonds. The molecule has 0 aromatic carbocycles. The predicted octanol–water partition coefficient (Wildman–Crippen LogP) is 0.203. The highest BCUT2D eigenvalue weighted by atomic mass is 16.4. The molecule has 0 aliphatic carbocycles. The summed E-state index contributed by atoms with van der Waals surface area (Å²) in [6, 6.07) is 2.85. The Balaban J connectivity index is 2.18. The SMILES string of the molecule is NCC1CCCN1C(=O)c1ccc(=O)oc1. The molecule has 0 radical (unpaired) electrons. The molecular formula is C11H14N2O3. The molecule has 16 heavy (non-hydrogen) atoms. The molecule has 1 aromatic rings. The number of hydrogen-bond acceptors (Lipinski definition) is 4. The van der Waals surface area contributed by atoms with Gasteiger partial charge in [0, 0.05) is 25.2 Å². The zero-order valence-corrected chi connectivity index (χ0v) is 8.89. The van der Waals surface area contributed by atoms with E-state index in [-0.39, 0.29) is 11.9 Å². The number of hydrogen-bond donors (Lipinski definition) is 1. The quantitative estimate of drug-likeness (QED) is 0.775. The van der Waals surface area contributed by atoms with Crippen LogP contribution in [-0.4, -0.2) is 29.9 Å². The third-order valence-electron chi connectivity index (χ3n) is 2.86. The van der Waals surface area contributed by atoms with Gasteiger partial charge in [0.2, 0.25) is 0 Å². The van der Waals surface area contributed by atoms with Crippen molar-refractivity contribution in [2.75, 3.05) is 13.1 Å². The molecule has 1 aliphatic heterocycles. The summed E-state index contributed by atoms with van der Waals surface area (Å²) in [4.78, 5) is 24.6. The standard InChI is InChI=1S/C11H14N2O3/c12-6-9-2-1-5-13(9)11(15)8-3-4-10(14)16-7-8/h3-4,7,9H,1-2,5-6,12H2. The fourth-order valence-electron chi connectivity index (χ4n) is 1.99. The summed E-state index contributed by atoms with van der Waals surface area (Å²) in [6.45, 7) is 1.20. The van der Waals surface area contributed by atoms with Crippen LogP contribution in [0.2, 0.25) is 0 Å². The minimum Gasteiger partial charge on any atom is -0.430 e. The summed E-state index contributed by atoms with van der Waals surface area (Å²) in [7, 11) is 0. The molecule has 1 unspecified atom stereocenters. The number of carbonyl (C=O) groups excluding carboxylic acids is 1. The Morgan fingerprint density at radius 1 is 1.56 bits per heavy atom. The molecular weight excluding hydrogens is 208 g/mol. The fourth-order valence-corrected chi connectivity index (χ4v) is 1.99. The number of amides is 1. The topological polar surface area (TPSA) is 76.5 Å². The average molecular weight is 222 g/mol. The van der Waals surface area contributed by atoms with Gasteiger partial charge in [-0.3, -0.25) is 4.79 Å². The Kier molecular flexibility index (Phi) is 3.05. The van der Waals surface area contributed by atoms with Crippen LogP contribution in [0.1, 0.15) is 23.2 Å². The van der Waals surface area contributed by atoms with Crippen molar-refractivity contribution in [3.05, 3.63) is 34.4 Å². The predicted molar refractivity (Wildman–Crippen MR) is 58.1 cm³/mol. The van der Waals surface area contributed by atoms with E-state index in [0.29, 0.717) is 12.1 Å². The highest BCUT2D eigenvalue weighted by Crippen LogP contribution is 2.18. The molecule has 2 rings (SSSR count). The van der Waals surface area contributed by atoms with Crippen LogP contribution in [-0.2, 0) is 0 Å². The first kappa shape index (κ1) is 10.9. The lowest BCUT2D eigenvalue weighted by molar-refractivity contribution is 0.0738. The van der Waals surface area contributed by atoms with Crippen molar-refractivity contribution in [2.24, 2.45) is 5.73 Å². The molecule has 2 heterocycles. The first-order chi connectivity index (χ1) is 7.72. The second kappa shape index (κ2) is 4.49. The van der Waals surface area contributed by atoms with Crippen molar-refractivity contribution in [1.29, 1.82) is 0 Å². The monoisotopic (exact) mass is 222 g/mol. The molecule has 1 aliphatic rings. The lowest BCUT2D eigenvalue weighted by Gasteiger charge is -2.23. The van der Waals surface area contributed by atoms with Crippen molar-refractivity contribution in [3.8, 4) is 0 Å². The lowest BCUT2D eigenvalue weighted by Crippen LogP contribution is -2.39. The molecule has 0 bridgehead atoms. The van der Waals surface area contributed by atoms with Gasteiger partial charge in [0.25, 0.3) is 5.91 Å². The zero-order valence-electron chi connectivity index (χ0n) is 8.89. The van der Waals surface area contributed by atoms with Crippen LogP contribution < -0.4 is 11.4 Å². The molecule has 0 spiro atoms. The van der Waals surface area contributed by atoms with Crippen LogP contribution in [0.3, 0.4) is 0 Å². The van der Waals surface area contributed by atoms with Crippen LogP contribution in [0.25, 0.3) is 0 Å². The summed E-state index contributed by atoms with van der Waals surface area (Å²) in [5, 5.41) is 0. The van der Waals surface area contributed by atoms with E-state index in [1.165, 1.54) is 18.4 Å². The third-order valence-corrected chi connectivity index (χ3v) is 2.86. The Morgan fingerprint density at radius 3 is 3.00 bits per heavy atom. The van der Waals surface area contributed by atoms with E-state index in [4.69, 9.17) is 5.73 Å². The van der Waals surface area contributed by atoms with Gasteiger partial charge in [0.1, 0.15) is 6.26 Å². The van der Waals surface area contributed by atoms with Crippen LogP contribution in [0, 0.1) is 0 Å². The van der Waals surface area contributed by atoms with Crippen molar-refractivity contribution >= 4 is 5.91 Å². The van der Waals surface area contributed by atoms with E-state index in [1.807, 2.05) is 0 Å². The fraction of sp³-hybridized carbons (Fsp3) is 0.455. The van der Waals surface area contributed by atoms with E-state index in [1.54, 1.807) is 4.90 Å². The van der Waals surface area contributed by atoms with Crippen LogP contribution in [0.5, 0.6) is 0 Å². The molecule has 1 fully saturated rings. The molecule has 1 atom stereocenters. The number of rotatable bonds is 2. The molecule has 1 saturated heterocycles. The highest BCUT2D eigenvalue weighted by molar-refractivity contribution is 5.94. The molecule has 2 N–H and O–H groups in total. The van der Waals surface area contributed by atoms with E-state index >= 15 is 0 Å². The summed E-state index contributed by atoms with van der Waals surface area (Å²) < 4.78 is 4.67. The third kappa shape index (κ3) is 1.99. The van der Waals surface area contributed by atoms with Crippen molar-refractivity contribution in [1.82, 2.24) is 4.90 Å². The minimum atomic E-state index is -0.451. The summed E-state index contributed by atoms with van der Waals surface area (Å²) in [6.07, 6.45) is 3.12. The maximum atomic E-state index is 12.0. The number of nitrogens with two attached hydrogens (primary N) is 1. The van der Waals surface area contributed by atoms with Gasteiger partial charge in [-0.1, -0.05) is 0 Å². The minimum absolute atomic E-state index is 0.111. The zero-order chi connectivity index (χ0) is 11.5. The number of carbonyl (C=O) groups is 1. The van der Waals surface area contributed by atoms with Gasteiger partial charge in [-0.25, -0.2) is 4.79 Å². The van der Waals surface area contributed by atoms with Crippen LogP contribution in [0.4, 0.5) is 0 Å². The van der Waals surface area contributed by atoms with Gasteiger partial charge in [-0.2, -0.15) is 0 Å². The van der Waals surface area contributed by atoms with Gasteiger partial charge < -0.3 is 15.1 Å². The highest BCUT2D eigenvalue weighted by Gasteiger charge is 2.28. The van der Waals surface area contributed by atoms with Crippen molar-refractivity contribution in [2.45, 2.75) is 18.9 Å². The molecule has 1 aromatic heterocycles. The lowest BCUT2D eigenvalue weighted by atomic mass is 10.2. The molecule has 5 heteroatoms. The Labute approximate surface area is 92.8 Å². The van der Waals surface area contributed by atoms with Gasteiger partial charge in [0.15, 0.2) is 0 Å². The van der Waals surface area contributed by atoms with E-state index in [0.717, 1.165) is 19.4 Å². The smallest absolute Gasteiger partial charge is 0.335 e. The number of nitrogens with zero attached hydrogens (tertiary/aromatic N) is 1. The number of likely N-dealkylation sites (tertiary alicyclic amines) is 1. The Hall–Kier alpha value is -1.62. The average Bonchev–Trinajstić information content (AvgIpc) is 2.77. The van der Waals surface area contributed by atoms with Gasteiger partial charge in [0.05, 0.1) is 5.56 Å². The largest absolute Gasteiger partial charge is 0.430 e. The summed E-state index contributed by atoms with van der Waals surface area (Å²) in [5.74, 6) is -0.114. The maximum Gasteiger partial charge on any atom is 0.335 e. The Morgan fingerprint density at radius 2 is 2.38 bits per heavy atom. The maximum absolute atomic E-state index is 12.0. The van der Waals surface area contributed by atoms with E-state index < -0.39 is 5.63 Å². The first-order valence-electron chi connectivity index (χ1n) is 5.32. The molecule has 86 valence electrons. The van der Waals surface area contributed by atoms with Gasteiger partial charge >= 0.3 is 5.63 Å². The second-order valence-corrected chi connectivity index (χ2v) is 3.87. The van der Waals surface area contributed by atoms with Crippen LogP contribution in [0.15, 0.2) is 27.6 Å². The Bertz CT molecular complexity index is 421. The first-order valence-corrected chi connectivity index (χ1v) is 5.32. The summed E-state index contributed by atoms with van der Waals surface area (Å²) in [5.41, 5.74) is 5.55. The van der Waals surface area contributed by atoms with Crippen molar-refractivity contribution in [3.63, 3.8) is 0 Å². The van der Waals surface area contributed by atoms with Gasteiger partial charge in [-0.15, -0.1) is 0 Å². The van der Waals surface area contributed by atoms with Gasteiger partial charge in [-0.05, 0) is 18.9 Å². The molecule has 0 saturated carbocycles. The van der Waals surface area contributed by atoms with E-state index in [9.17, 15) is 9.59 Å².